The minimum atomic E-state index is -1.41. The molecule has 2 aliphatic heterocycles. The second kappa shape index (κ2) is 10.6. The number of aliphatic hydroxyl groups excluding tert-OH is 3. The fraction of sp³-hybridized carbons (Fsp3) is 0.842. The molecule has 0 aromatic heterocycles. The average Bonchev–Trinajstić information content (AvgIpc) is 3.01. The molecule has 0 saturated carbocycles. The molecule has 162 valence electrons. The summed E-state index contributed by atoms with van der Waals surface area (Å²) >= 11 is 7.43. The van der Waals surface area contributed by atoms with Crippen molar-refractivity contribution in [3.63, 3.8) is 0 Å². The summed E-state index contributed by atoms with van der Waals surface area (Å²) in [6.07, 6.45) is -2.06. The Morgan fingerprint density at radius 2 is 2.07 bits per heavy atom. The molecule has 2 heterocycles. The molecule has 0 aromatic rings. The number of aliphatic hydroxyl groups is 3. The number of halogens is 1. The van der Waals surface area contributed by atoms with Crippen molar-refractivity contribution in [2.24, 2.45) is 5.92 Å². The number of carbonyl (C=O) groups is 1. The number of likely N-dealkylation sites (tertiary alicyclic amines) is 1. The van der Waals surface area contributed by atoms with Gasteiger partial charge in [0.05, 0.1) is 17.5 Å². The SMILES string of the molecule is C=CSC1O[C@H](C(NC(=O)C2C[C@@H](CCC)CN2C)C(C)Cl)[C@H](O)[C@H](O)[C@H]1O. The lowest BCUT2D eigenvalue weighted by Gasteiger charge is -2.44. The first-order valence-electron chi connectivity index (χ1n) is 9.81. The zero-order chi connectivity index (χ0) is 21.0. The van der Waals surface area contributed by atoms with Gasteiger partial charge < -0.3 is 25.4 Å². The number of hydrogen-bond donors (Lipinski definition) is 4. The number of alkyl halides is 1. The van der Waals surface area contributed by atoms with Crippen LogP contribution in [0.5, 0.6) is 0 Å². The largest absolute Gasteiger partial charge is 0.388 e. The minimum absolute atomic E-state index is 0.164. The fourth-order valence-corrected chi connectivity index (χ4v) is 5.04. The molecule has 2 fully saturated rings. The number of nitrogens with one attached hydrogen (secondary N) is 1. The summed E-state index contributed by atoms with van der Waals surface area (Å²) in [6, 6.07) is -0.984. The van der Waals surface area contributed by atoms with Crippen LogP contribution >= 0.6 is 23.4 Å². The lowest BCUT2D eigenvalue weighted by molar-refractivity contribution is -0.205. The fourth-order valence-electron chi connectivity index (χ4n) is 4.13. The van der Waals surface area contributed by atoms with Crippen LogP contribution in [0.1, 0.15) is 33.1 Å². The van der Waals surface area contributed by atoms with Crippen molar-refractivity contribution in [2.45, 2.75) is 80.4 Å². The molecule has 1 amide bonds. The van der Waals surface area contributed by atoms with E-state index < -0.39 is 41.3 Å². The van der Waals surface area contributed by atoms with Gasteiger partial charge in [0.15, 0.2) is 0 Å². The van der Waals surface area contributed by atoms with Crippen molar-refractivity contribution in [3.05, 3.63) is 12.0 Å². The molecule has 2 rings (SSSR count). The molecular weight excluding hydrogens is 404 g/mol. The molecule has 0 spiro atoms. The Morgan fingerprint density at radius 1 is 1.39 bits per heavy atom. The molecular formula is C19H33ClN2O5S. The van der Waals surface area contributed by atoms with Gasteiger partial charge in [0, 0.05) is 6.54 Å². The number of nitrogens with zero attached hydrogens (tertiary/aromatic N) is 1. The van der Waals surface area contributed by atoms with Crippen LogP contribution in [-0.2, 0) is 9.53 Å². The van der Waals surface area contributed by atoms with Gasteiger partial charge >= 0.3 is 0 Å². The third-order valence-corrected chi connectivity index (χ3v) is 6.75. The Labute approximate surface area is 176 Å². The number of hydrogen-bond acceptors (Lipinski definition) is 7. The summed E-state index contributed by atoms with van der Waals surface area (Å²) in [5.74, 6) is 0.322. The third kappa shape index (κ3) is 5.41. The molecule has 0 radical (unpaired) electrons. The van der Waals surface area contributed by atoms with E-state index in [-0.39, 0.29) is 11.9 Å². The van der Waals surface area contributed by atoms with E-state index in [0.29, 0.717) is 5.92 Å². The van der Waals surface area contributed by atoms with Gasteiger partial charge in [0.1, 0.15) is 29.9 Å². The maximum absolute atomic E-state index is 12.9. The number of likely N-dealkylation sites (N-methyl/N-ethyl adjacent to an activating group) is 1. The maximum Gasteiger partial charge on any atom is 0.237 e. The number of rotatable bonds is 8. The standard InChI is InChI=1S/C19H33ClN2O5S/c1-5-7-11-8-12(22(4)9-11)18(26)21-13(10(3)20)17-15(24)14(23)16(25)19(27-17)28-6-2/h6,10-17,19,23-25H,2,5,7-9H2,1,3-4H3,(H,21,26)/t10?,11-,12?,13?,14+,15-,16-,17-,19?/m1/s1. The monoisotopic (exact) mass is 436 g/mol. The van der Waals surface area contributed by atoms with Crippen molar-refractivity contribution < 1.29 is 24.9 Å². The van der Waals surface area contributed by atoms with Crippen molar-refractivity contribution >= 4 is 29.3 Å². The van der Waals surface area contributed by atoms with Crippen LogP contribution in [-0.4, -0.2) is 87.0 Å². The third-order valence-electron chi connectivity index (χ3n) is 5.63. The van der Waals surface area contributed by atoms with Gasteiger partial charge in [-0.2, -0.15) is 0 Å². The zero-order valence-electron chi connectivity index (χ0n) is 16.7. The smallest absolute Gasteiger partial charge is 0.237 e. The normalized spacial score (nSPS) is 38.8. The van der Waals surface area contributed by atoms with Crippen LogP contribution in [0.15, 0.2) is 12.0 Å². The van der Waals surface area contributed by atoms with Crippen molar-refractivity contribution in [2.75, 3.05) is 13.6 Å². The van der Waals surface area contributed by atoms with E-state index in [9.17, 15) is 20.1 Å². The van der Waals surface area contributed by atoms with E-state index in [1.807, 2.05) is 11.9 Å². The second-order valence-electron chi connectivity index (χ2n) is 7.80. The summed E-state index contributed by atoms with van der Waals surface area (Å²) in [5, 5.41) is 34.7. The first-order chi connectivity index (χ1) is 13.2. The zero-order valence-corrected chi connectivity index (χ0v) is 18.3. The van der Waals surface area contributed by atoms with E-state index in [2.05, 4.69) is 18.8 Å². The highest BCUT2D eigenvalue weighted by Gasteiger charge is 2.48. The number of amides is 1. The van der Waals surface area contributed by atoms with Gasteiger partial charge in [0.25, 0.3) is 0 Å². The second-order valence-corrected chi connectivity index (χ2v) is 9.56. The van der Waals surface area contributed by atoms with Gasteiger partial charge in [-0.25, -0.2) is 0 Å². The summed E-state index contributed by atoms with van der Waals surface area (Å²) < 4.78 is 5.81. The van der Waals surface area contributed by atoms with Crippen LogP contribution in [0.4, 0.5) is 0 Å². The number of ether oxygens (including phenoxy) is 1. The first kappa shape index (κ1) is 23.9. The molecule has 2 saturated heterocycles. The number of carbonyl (C=O) groups excluding carboxylic acids is 1. The molecule has 4 unspecified atom stereocenters. The molecule has 0 bridgehead atoms. The molecule has 9 heteroatoms. The Balaban J connectivity index is 2.11. The maximum atomic E-state index is 12.9. The van der Waals surface area contributed by atoms with Crippen molar-refractivity contribution in [1.82, 2.24) is 10.2 Å². The Kier molecular flexibility index (Phi) is 9.07. The highest BCUT2D eigenvalue weighted by Crippen LogP contribution is 2.32. The highest BCUT2D eigenvalue weighted by molar-refractivity contribution is 8.02. The van der Waals surface area contributed by atoms with Gasteiger partial charge in [-0.1, -0.05) is 19.9 Å². The quantitative estimate of drug-likeness (QED) is 0.419. The summed E-state index contributed by atoms with van der Waals surface area (Å²) in [7, 11) is 1.93. The van der Waals surface area contributed by atoms with Gasteiger partial charge in [-0.3, -0.25) is 9.69 Å². The lowest BCUT2D eigenvalue weighted by atomic mass is 9.92. The summed E-state index contributed by atoms with van der Waals surface area (Å²) in [5.41, 5.74) is -0.807. The van der Waals surface area contributed by atoms with Crippen LogP contribution in [0, 0.1) is 5.92 Å². The summed E-state index contributed by atoms with van der Waals surface area (Å²) in [4.78, 5) is 15.0. The van der Waals surface area contributed by atoms with Crippen LogP contribution in [0.3, 0.4) is 0 Å². The van der Waals surface area contributed by atoms with Crippen LogP contribution < -0.4 is 5.32 Å². The highest BCUT2D eigenvalue weighted by atomic mass is 35.5. The Bertz CT molecular complexity index is 540. The molecule has 4 N–H and O–H groups in total. The predicted octanol–water partition coefficient (Wildman–Crippen LogP) is 0.903. The van der Waals surface area contributed by atoms with E-state index in [1.54, 1.807) is 6.92 Å². The van der Waals surface area contributed by atoms with E-state index in [1.165, 1.54) is 5.41 Å². The van der Waals surface area contributed by atoms with Crippen LogP contribution in [0.2, 0.25) is 0 Å². The van der Waals surface area contributed by atoms with Gasteiger partial charge in [0.2, 0.25) is 5.91 Å². The van der Waals surface area contributed by atoms with Crippen molar-refractivity contribution in [3.8, 4) is 0 Å². The number of thioether (sulfide) groups is 1. The van der Waals surface area contributed by atoms with E-state index in [0.717, 1.165) is 37.6 Å². The molecule has 2 aliphatic rings. The van der Waals surface area contributed by atoms with Gasteiger partial charge in [-0.15, -0.1) is 23.4 Å². The lowest BCUT2D eigenvalue weighted by Crippen LogP contribution is -2.65. The molecule has 0 aliphatic carbocycles. The first-order valence-corrected chi connectivity index (χ1v) is 11.2. The molecule has 0 aromatic carbocycles. The Morgan fingerprint density at radius 3 is 2.64 bits per heavy atom. The predicted molar refractivity (Wildman–Crippen MR) is 111 cm³/mol. The van der Waals surface area contributed by atoms with Crippen molar-refractivity contribution in [1.29, 1.82) is 0 Å². The molecule has 9 atom stereocenters. The van der Waals surface area contributed by atoms with Gasteiger partial charge in [-0.05, 0) is 38.1 Å². The van der Waals surface area contributed by atoms with Crippen LogP contribution in [0.25, 0.3) is 0 Å². The summed E-state index contributed by atoms with van der Waals surface area (Å²) in [6.45, 7) is 8.31. The topological polar surface area (TPSA) is 102 Å². The molecule has 7 nitrogen and oxygen atoms in total. The molecule has 28 heavy (non-hydrogen) atoms. The average molecular weight is 437 g/mol. The van der Waals surface area contributed by atoms with E-state index >= 15 is 0 Å². The Hall–Kier alpha value is -0.350. The minimum Gasteiger partial charge on any atom is -0.388 e. The van der Waals surface area contributed by atoms with E-state index in [4.69, 9.17) is 16.3 Å².